The van der Waals surface area contributed by atoms with Gasteiger partial charge in [0.1, 0.15) is 5.82 Å². The summed E-state index contributed by atoms with van der Waals surface area (Å²) in [5.41, 5.74) is 3.20. The highest BCUT2D eigenvalue weighted by Crippen LogP contribution is 2.43. The van der Waals surface area contributed by atoms with Crippen molar-refractivity contribution in [3.05, 3.63) is 89.1 Å². The monoisotopic (exact) mass is 420 g/mol. The Morgan fingerprint density at radius 2 is 1.73 bits per heavy atom. The Morgan fingerprint density at radius 3 is 2.37 bits per heavy atom. The van der Waals surface area contributed by atoms with E-state index in [-0.39, 0.29) is 10.7 Å². The van der Waals surface area contributed by atoms with Crippen LogP contribution < -0.4 is 4.31 Å². The number of fused-ring (bicyclic) bond motifs is 1. The Hall–Kier alpha value is -2.99. The first-order valence-corrected chi connectivity index (χ1v) is 11.3. The minimum atomic E-state index is -3.72. The molecule has 0 amide bonds. The summed E-state index contributed by atoms with van der Waals surface area (Å²) in [6, 6.07) is 18.2. The number of sulfonamides is 1. The lowest BCUT2D eigenvalue weighted by molar-refractivity contribution is 0.101. The molecule has 1 aliphatic heterocycles. The van der Waals surface area contributed by atoms with Gasteiger partial charge in [-0.15, -0.1) is 0 Å². The van der Waals surface area contributed by atoms with Crippen LogP contribution in [0.3, 0.4) is 0 Å². The topological polar surface area (TPSA) is 67.3 Å². The molecule has 0 saturated carbocycles. The summed E-state index contributed by atoms with van der Waals surface area (Å²) in [6.07, 6.45) is 2.27. The molecule has 0 saturated heterocycles. The molecule has 4 rings (SSSR count). The van der Waals surface area contributed by atoms with Crippen LogP contribution in [-0.2, 0) is 21.9 Å². The molecule has 0 N–H and O–H groups in total. The molecule has 2 aromatic carbocycles. The third-order valence-electron chi connectivity index (χ3n) is 5.73. The molecule has 0 radical (unpaired) electrons. The molecule has 2 heterocycles. The first-order chi connectivity index (χ1) is 14.2. The van der Waals surface area contributed by atoms with Crippen LogP contribution in [0.2, 0.25) is 0 Å². The van der Waals surface area contributed by atoms with E-state index in [4.69, 9.17) is 0 Å². The second kappa shape index (κ2) is 7.36. The first kappa shape index (κ1) is 20.3. The van der Waals surface area contributed by atoms with Gasteiger partial charge in [-0.05, 0) is 44.0 Å². The van der Waals surface area contributed by atoms with E-state index < -0.39 is 15.4 Å². The molecule has 1 aliphatic rings. The van der Waals surface area contributed by atoms with Gasteiger partial charge >= 0.3 is 0 Å². The zero-order chi connectivity index (χ0) is 21.5. The highest BCUT2D eigenvalue weighted by molar-refractivity contribution is 7.92. The molecule has 0 bridgehead atoms. The highest BCUT2D eigenvalue weighted by Gasteiger charge is 2.44. The van der Waals surface area contributed by atoms with Gasteiger partial charge in [0.25, 0.3) is 10.0 Å². The van der Waals surface area contributed by atoms with Gasteiger partial charge in [0.2, 0.25) is 0 Å². The predicted octanol–water partition coefficient (Wildman–Crippen LogP) is 4.30. The van der Waals surface area contributed by atoms with Crippen molar-refractivity contribution >= 4 is 21.6 Å². The molecule has 1 atom stereocenters. The third-order valence-corrected chi connectivity index (χ3v) is 7.48. The normalized spacial score (nSPS) is 18.3. The Morgan fingerprint density at radius 1 is 1.07 bits per heavy atom. The number of pyridine rings is 1. The molecule has 1 unspecified atom stereocenters. The first-order valence-electron chi connectivity index (χ1n) is 9.85. The molecule has 6 heteroatoms. The number of Topliss-reactive ketones (excluding diaryl/α,β-unsaturated/α-hetero) is 1. The summed E-state index contributed by atoms with van der Waals surface area (Å²) >= 11 is 0. The third kappa shape index (κ3) is 3.52. The summed E-state index contributed by atoms with van der Waals surface area (Å²) < 4.78 is 28.3. The number of aryl methyl sites for hydroxylation is 1. The lowest BCUT2D eigenvalue weighted by Crippen LogP contribution is -2.36. The molecule has 3 aromatic rings. The lowest BCUT2D eigenvalue weighted by atomic mass is 9.79. The number of nitrogens with zero attached hydrogens (tertiary/aromatic N) is 2. The molecule has 0 fully saturated rings. The molecule has 1 aromatic heterocycles. The number of hydrogen-bond donors (Lipinski definition) is 0. The van der Waals surface area contributed by atoms with Crippen molar-refractivity contribution in [1.29, 1.82) is 0 Å². The van der Waals surface area contributed by atoms with Gasteiger partial charge < -0.3 is 0 Å². The largest absolute Gasteiger partial charge is 0.295 e. The van der Waals surface area contributed by atoms with Crippen LogP contribution in [0.1, 0.15) is 40.9 Å². The van der Waals surface area contributed by atoms with E-state index in [1.807, 2.05) is 43.3 Å². The predicted molar refractivity (Wildman–Crippen MR) is 117 cm³/mol. The van der Waals surface area contributed by atoms with E-state index in [0.29, 0.717) is 24.3 Å². The summed E-state index contributed by atoms with van der Waals surface area (Å²) in [7, 11) is -3.72. The average molecular weight is 421 g/mol. The van der Waals surface area contributed by atoms with Crippen molar-refractivity contribution in [2.45, 2.75) is 37.5 Å². The van der Waals surface area contributed by atoms with Crippen molar-refractivity contribution in [2.24, 2.45) is 0 Å². The van der Waals surface area contributed by atoms with E-state index in [1.165, 1.54) is 4.31 Å². The number of rotatable bonds is 5. The lowest BCUT2D eigenvalue weighted by Gasteiger charge is -2.26. The van der Waals surface area contributed by atoms with E-state index >= 15 is 0 Å². The van der Waals surface area contributed by atoms with Crippen molar-refractivity contribution in [3.8, 4) is 0 Å². The molecular formula is C24H24N2O3S. The van der Waals surface area contributed by atoms with Crippen LogP contribution in [0.5, 0.6) is 0 Å². The Kier molecular flexibility index (Phi) is 4.98. The fourth-order valence-electron chi connectivity index (χ4n) is 4.04. The number of anilines is 1. The fraction of sp³-hybridized carbons (Fsp3) is 0.250. The van der Waals surface area contributed by atoms with Crippen molar-refractivity contribution in [2.75, 3.05) is 10.8 Å². The SMILES string of the molecule is CC(=O)c1ccc(CC2(C)CN(S(=O)(=O)c3ccc(C)cc3)c3ncccc32)cc1. The zero-order valence-electron chi connectivity index (χ0n) is 17.3. The quantitative estimate of drug-likeness (QED) is 0.577. The zero-order valence-corrected chi connectivity index (χ0v) is 18.1. The van der Waals surface area contributed by atoms with E-state index in [1.54, 1.807) is 37.4 Å². The average Bonchev–Trinajstić information content (AvgIpc) is 3.02. The molecule has 5 nitrogen and oxygen atoms in total. The van der Waals surface area contributed by atoms with Crippen molar-refractivity contribution in [1.82, 2.24) is 4.98 Å². The Bertz CT molecular complexity index is 1200. The maximum Gasteiger partial charge on any atom is 0.265 e. The van der Waals surface area contributed by atoms with Crippen LogP contribution in [0, 0.1) is 6.92 Å². The number of hydrogen-bond acceptors (Lipinski definition) is 4. The van der Waals surface area contributed by atoms with Gasteiger partial charge in [0.15, 0.2) is 5.78 Å². The van der Waals surface area contributed by atoms with Gasteiger partial charge in [-0.1, -0.05) is 55.0 Å². The summed E-state index contributed by atoms with van der Waals surface area (Å²) in [5.74, 6) is 0.513. The maximum absolute atomic E-state index is 13.4. The van der Waals surface area contributed by atoms with E-state index in [2.05, 4.69) is 11.9 Å². The second-order valence-corrected chi connectivity index (χ2v) is 10.1. The van der Waals surface area contributed by atoms with Crippen LogP contribution >= 0.6 is 0 Å². The number of carbonyl (C=O) groups excluding carboxylic acids is 1. The summed E-state index contributed by atoms with van der Waals surface area (Å²) in [6.45, 7) is 5.85. The number of ketones is 1. The highest BCUT2D eigenvalue weighted by atomic mass is 32.2. The number of benzene rings is 2. The van der Waals surface area contributed by atoms with E-state index in [0.717, 1.165) is 16.7 Å². The van der Waals surface area contributed by atoms with Crippen LogP contribution in [-0.4, -0.2) is 25.7 Å². The van der Waals surface area contributed by atoms with Gasteiger partial charge in [0.05, 0.1) is 4.90 Å². The Labute approximate surface area is 177 Å². The molecule has 30 heavy (non-hydrogen) atoms. The molecule has 154 valence electrons. The van der Waals surface area contributed by atoms with Crippen LogP contribution in [0.15, 0.2) is 71.8 Å². The standard InChI is InChI=1S/C24H24N2O3S/c1-17-6-12-21(13-7-17)30(28,29)26-16-24(3,22-5-4-14-25-23(22)26)15-19-8-10-20(11-9-19)18(2)27/h4-14H,15-16H2,1-3H3. The van der Waals surface area contributed by atoms with E-state index in [9.17, 15) is 13.2 Å². The number of carbonyl (C=O) groups is 1. The van der Waals surface area contributed by atoms with Gasteiger partial charge in [-0.25, -0.2) is 17.7 Å². The smallest absolute Gasteiger partial charge is 0.265 e. The van der Waals surface area contributed by atoms with Gasteiger partial charge in [-0.2, -0.15) is 0 Å². The van der Waals surface area contributed by atoms with Gasteiger partial charge in [0, 0.05) is 29.3 Å². The molecular weight excluding hydrogens is 396 g/mol. The minimum absolute atomic E-state index is 0.0264. The van der Waals surface area contributed by atoms with Crippen LogP contribution in [0.4, 0.5) is 5.82 Å². The van der Waals surface area contributed by atoms with Gasteiger partial charge in [-0.3, -0.25) is 4.79 Å². The maximum atomic E-state index is 13.4. The Balaban J connectivity index is 1.71. The van der Waals surface area contributed by atoms with Crippen LogP contribution in [0.25, 0.3) is 0 Å². The van der Waals surface area contributed by atoms with Crippen molar-refractivity contribution in [3.63, 3.8) is 0 Å². The number of aromatic nitrogens is 1. The summed E-state index contributed by atoms with van der Waals surface area (Å²) in [4.78, 5) is 16.2. The summed E-state index contributed by atoms with van der Waals surface area (Å²) in [5, 5.41) is 0. The fourth-order valence-corrected chi connectivity index (χ4v) is 5.60. The molecule has 0 spiro atoms. The minimum Gasteiger partial charge on any atom is -0.295 e. The van der Waals surface area contributed by atoms with Crippen molar-refractivity contribution < 1.29 is 13.2 Å². The molecule has 0 aliphatic carbocycles. The second-order valence-electron chi connectivity index (χ2n) is 8.19.